The molecule has 0 aliphatic rings. The number of hydrogen-bond donors (Lipinski definition) is 4. The van der Waals surface area contributed by atoms with Gasteiger partial charge in [0, 0.05) is 18.2 Å². The Balaban J connectivity index is 2.52. The van der Waals surface area contributed by atoms with Crippen molar-refractivity contribution in [2.45, 2.75) is 6.92 Å². The van der Waals surface area contributed by atoms with E-state index in [1.54, 1.807) is 0 Å². The second-order valence-electron chi connectivity index (χ2n) is 6.56. The van der Waals surface area contributed by atoms with Crippen LogP contribution >= 0.6 is 0 Å². The Kier molecular flexibility index (Phi) is 7.51. The van der Waals surface area contributed by atoms with Crippen LogP contribution in [0.5, 0.6) is 11.5 Å². The number of ketones is 1. The van der Waals surface area contributed by atoms with Crippen LogP contribution < -0.4 is 20.1 Å². The van der Waals surface area contributed by atoms with Crippen molar-refractivity contribution >= 4 is 35.2 Å². The van der Waals surface area contributed by atoms with Crippen molar-refractivity contribution in [1.29, 1.82) is 5.41 Å². The number of aliphatic carboxylic acids is 2. The van der Waals surface area contributed by atoms with Crippen LogP contribution in [0.3, 0.4) is 0 Å². The van der Waals surface area contributed by atoms with E-state index in [-0.39, 0.29) is 34.1 Å². The summed E-state index contributed by atoms with van der Waals surface area (Å²) in [5, 5.41) is 25.2. The molecule has 0 bridgehead atoms. The molecule has 2 aromatic rings. The van der Waals surface area contributed by atoms with Gasteiger partial charge in [-0.1, -0.05) is 12.1 Å². The summed E-state index contributed by atoms with van der Waals surface area (Å²) in [7, 11) is 1.40. The number of Topliss-reactive ketones (excluding diaryl/α,β-unsaturated/α-hetero) is 1. The predicted octanol–water partition coefficient (Wildman–Crippen LogP) is 1.38. The Labute approximate surface area is 182 Å². The number of carboxylic acid groups (broad SMARTS) is 2. The molecule has 0 aromatic heterocycles. The van der Waals surface area contributed by atoms with Crippen LogP contribution in [0.25, 0.3) is 0 Å². The van der Waals surface area contributed by atoms with Gasteiger partial charge in [0.25, 0.3) is 5.91 Å². The molecule has 168 valence electrons. The zero-order valence-corrected chi connectivity index (χ0v) is 17.2. The number of anilines is 1. The summed E-state index contributed by atoms with van der Waals surface area (Å²) in [6, 6.07) is 8.58. The summed E-state index contributed by atoms with van der Waals surface area (Å²) in [6.45, 7) is -0.387. The molecule has 0 spiro atoms. The largest absolute Gasteiger partial charge is 0.479 e. The molecule has 2 rings (SSSR count). The van der Waals surface area contributed by atoms with Gasteiger partial charge in [-0.05, 0) is 31.2 Å². The van der Waals surface area contributed by atoms with Gasteiger partial charge >= 0.3 is 11.9 Å². The molecule has 0 saturated heterocycles. The summed E-state index contributed by atoms with van der Waals surface area (Å²) < 4.78 is 10.4. The number of amides is 1. The predicted molar refractivity (Wildman–Crippen MR) is 113 cm³/mol. The van der Waals surface area contributed by atoms with Gasteiger partial charge in [-0.2, -0.15) is 0 Å². The third kappa shape index (κ3) is 5.59. The minimum absolute atomic E-state index is 0.0983. The molecular weight excluding hydrogens is 422 g/mol. The van der Waals surface area contributed by atoms with E-state index in [1.807, 2.05) is 0 Å². The Hall–Kier alpha value is -4.41. The molecule has 11 nitrogen and oxygen atoms in total. The van der Waals surface area contributed by atoms with Gasteiger partial charge in [-0.15, -0.1) is 0 Å². The van der Waals surface area contributed by atoms with Crippen LogP contribution in [0.2, 0.25) is 0 Å². The van der Waals surface area contributed by atoms with Crippen molar-refractivity contribution < 1.29 is 38.9 Å². The van der Waals surface area contributed by atoms with Gasteiger partial charge in [-0.3, -0.25) is 15.0 Å². The Bertz CT molecular complexity index is 1080. The first-order valence-corrected chi connectivity index (χ1v) is 9.12. The minimum Gasteiger partial charge on any atom is -0.479 e. The monoisotopic (exact) mass is 443 g/mol. The van der Waals surface area contributed by atoms with Crippen LogP contribution in [0.15, 0.2) is 36.4 Å². The Morgan fingerprint density at radius 1 is 0.938 bits per heavy atom. The number of carbonyl (C=O) groups excluding carboxylic acids is 2. The second kappa shape index (κ2) is 10.1. The van der Waals surface area contributed by atoms with Gasteiger partial charge in [0.2, 0.25) is 0 Å². The fraction of sp³-hybridized carbons (Fsp3) is 0.190. The number of nitrogens with one attached hydrogen (secondary N) is 1. The molecule has 0 aliphatic carbocycles. The van der Waals surface area contributed by atoms with Crippen molar-refractivity contribution in [3.63, 3.8) is 0 Å². The smallest absolute Gasteiger partial charge is 0.341 e. The number of benzene rings is 2. The number of rotatable bonds is 10. The van der Waals surface area contributed by atoms with Crippen molar-refractivity contribution in [1.82, 2.24) is 0 Å². The molecule has 5 N–H and O–H groups in total. The zero-order valence-electron chi connectivity index (χ0n) is 17.2. The summed E-state index contributed by atoms with van der Waals surface area (Å²) >= 11 is 0. The zero-order chi connectivity index (χ0) is 24.0. The molecule has 0 radical (unpaired) electrons. The van der Waals surface area contributed by atoms with E-state index in [0.29, 0.717) is 5.56 Å². The lowest BCUT2D eigenvalue weighted by Crippen LogP contribution is -2.28. The number of carboxylic acids is 2. The molecule has 0 atom stereocenters. The van der Waals surface area contributed by atoms with Crippen molar-refractivity contribution in [3.8, 4) is 11.5 Å². The maximum atomic E-state index is 13.0. The maximum Gasteiger partial charge on any atom is 0.341 e. The molecule has 0 fully saturated rings. The van der Waals surface area contributed by atoms with Crippen LogP contribution in [-0.4, -0.2) is 59.9 Å². The van der Waals surface area contributed by atoms with E-state index >= 15 is 0 Å². The highest BCUT2D eigenvalue weighted by molar-refractivity contribution is 6.12. The summed E-state index contributed by atoms with van der Waals surface area (Å²) in [5.74, 6) is -4.29. The third-order valence-electron chi connectivity index (χ3n) is 4.25. The number of hydrogen-bond acceptors (Lipinski definition) is 7. The molecule has 32 heavy (non-hydrogen) atoms. The maximum absolute atomic E-state index is 13.0. The third-order valence-corrected chi connectivity index (χ3v) is 4.25. The highest BCUT2D eigenvalue weighted by Gasteiger charge is 2.26. The Morgan fingerprint density at radius 2 is 1.47 bits per heavy atom. The fourth-order valence-corrected chi connectivity index (χ4v) is 2.80. The summed E-state index contributed by atoms with van der Waals surface area (Å²) in [4.78, 5) is 48.4. The lowest BCUT2D eigenvalue weighted by atomic mass is 10.0. The first kappa shape index (κ1) is 23.9. The first-order valence-electron chi connectivity index (χ1n) is 9.12. The van der Waals surface area contributed by atoms with Gasteiger partial charge < -0.3 is 30.3 Å². The number of carbonyl (C=O) groups is 4. The van der Waals surface area contributed by atoms with Crippen LogP contribution in [-0.2, 0) is 9.59 Å². The van der Waals surface area contributed by atoms with Gasteiger partial charge in [0.15, 0.2) is 30.5 Å². The molecule has 0 unspecified atom stereocenters. The lowest BCUT2D eigenvalue weighted by molar-refractivity contribution is -0.140. The van der Waals surface area contributed by atoms with Crippen LogP contribution in [0.1, 0.15) is 33.2 Å². The number of nitrogens with two attached hydrogens (primary N) is 1. The highest BCUT2D eigenvalue weighted by atomic mass is 16.5. The molecule has 0 saturated carbocycles. The van der Waals surface area contributed by atoms with Crippen molar-refractivity contribution in [2.24, 2.45) is 5.73 Å². The van der Waals surface area contributed by atoms with E-state index in [1.165, 1.54) is 50.4 Å². The standard InChI is InChI=1S/C21H21N3O8/c1-11(25)18-14(24(2)21(30)13-5-3-12(4-6-13)20(22)23)7-8-15(31-9-16(26)27)19(18)32-10-17(28)29/h3-8H,9-10H2,1-2H3,(H3,22,23)(H,26,27)(H,28,29). The Morgan fingerprint density at radius 3 is 1.97 bits per heavy atom. The van der Waals surface area contributed by atoms with Crippen LogP contribution in [0, 0.1) is 5.41 Å². The topological polar surface area (TPSA) is 180 Å². The van der Waals surface area contributed by atoms with E-state index in [2.05, 4.69) is 0 Å². The van der Waals surface area contributed by atoms with E-state index < -0.39 is 36.8 Å². The van der Waals surface area contributed by atoms with Crippen molar-refractivity contribution in [2.75, 3.05) is 25.2 Å². The average Bonchev–Trinajstić information content (AvgIpc) is 2.74. The van der Waals surface area contributed by atoms with Gasteiger partial charge in [0.05, 0.1) is 11.3 Å². The van der Waals surface area contributed by atoms with Crippen LogP contribution in [0.4, 0.5) is 5.69 Å². The molecule has 0 heterocycles. The molecule has 2 aromatic carbocycles. The van der Waals surface area contributed by atoms with Crippen molar-refractivity contribution in [3.05, 3.63) is 53.1 Å². The summed E-state index contributed by atoms with van der Waals surface area (Å²) in [6.07, 6.45) is 0. The van der Waals surface area contributed by atoms with Gasteiger partial charge in [0.1, 0.15) is 5.84 Å². The molecule has 1 amide bonds. The number of nitrogen functional groups attached to an aromatic ring is 1. The SMILES string of the molecule is CC(=O)c1c(N(C)C(=O)c2ccc(C(=N)N)cc2)ccc(OCC(=O)O)c1OCC(=O)O. The van der Waals surface area contributed by atoms with E-state index in [4.69, 9.17) is 30.8 Å². The lowest BCUT2D eigenvalue weighted by Gasteiger charge is -2.23. The second-order valence-corrected chi connectivity index (χ2v) is 6.56. The molecular formula is C21H21N3O8. The normalized spacial score (nSPS) is 10.2. The van der Waals surface area contributed by atoms with E-state index in [0.717, 1.165) is 4.90 Å². The number of amidine groups is 1. The molecule has 0 aliphatic heterocycles. The summed E-state index contributed by atoms with van der Waals surface area (Å²) in [5.41, 5.74) is 6.03. The van der Waals surface area contributed by atoms with Gasteiger partial charge in [-0.25, -0.2) is 9.59 Å². The minimum atomic E-state index is -1.33. The van der Waals surface area contributed by atoms with E-state index in [9.17, 15) is 19.2 Å². The average molecular weight is 443 g/mol. The molecule has 11 heteroatoms. The first-order chi connectivity index (χ1) is 15.0. The number of nitrogens with zero attached hydrogens (tertiary/aromatic N) is 1. The number of ether oxygens (including phenoxy) is 2. The fourth-order valence-electron chi connectivity index (χ4n) is 2.80. The highest BCUT2D eigenvalue weighted by Crippen LogP contribution is 2.38. The quantitative estimate of drug-likeness (QED) is 0.239.